The lowest BCUT2D eigenvalue weighted by Crippen LogP contribution is -2.54. The molecule has 1 N–H and O–H groups in total. The van der Waals surface area contributed by atoms with Crippen LogP contribution in [0.4, 0.5) is 0 Å². The summed E-state index contributed by atoms with van der Waals surface area (Å²) in [6.45, 7) is 0. The molecule has 0 aromatic heterocycles. The summed E-state index contributed by atoms with van der Waals surface area (Å²) >= 11 is 0. The number of rotatable bonds is 4. The molecule has 1 aliphatic carbocycles. The molecule has 3 atom stereocenters. The van der Waals surface area contributed by atoms with Gasteiger partial charge in [-0.15, -0.1) is 0 Å². The third-order valence-corrected chi connectivity index (χ3v) is 4.12. The topological polar surface area (TPSA) is 72.8 Å². The quantitative estimate of drug-likeness (QED) is 0.869. The Balaban J connectivity index is 2.11. The fraction of sp³-hybridized carbons (Fsp3) is 0.500. The molecular weight excluding hydrogens is 256 g/mol. The molecule has 0 amide bonds. The summed E-state index contributed by atoms with van der Waals surface area (Å²) in [5.74, 6) is 0.469. The molecule has 1 aromatic rings. The molecule has 1 aromatic carbocycles. The number of aliphatic hydroxyl groups excluding tert-OH is 1. The van der Waals surface area contributed by atoms with E-state index in [2.05, 4.69) is 0 Å². The van der Waals surface area contributed by atoms with E-state index in [-0.39, 0.29) is 17.1 Å². The second kappa shape index (κ2) is 4.87. The molecule has 1 saturated carbocycles. The van der Waals surface area contributed by atoms with E-state index in [0.29, 0.717) is 12.2 Å². The first-order chi connectivity index (χ1) is 8.41. The van der Waals surface area contributed by atoms with Crippen LogP contribution in [-0.4, -0.2) is 45.2 Å². The minimum Gasteiger partial charge on any atom is -0.487 e. The van der Waals surface area contributed by atoms with E-state index >= 15 is 0 Å². The van der Waals surface area contributed by atoms with E-state index in [4.69, 9.17) is 9.47 Å². The predicted molar refractivity (Wildman–Crippen MR) is 65.4 cm³/mol. The van der Waals surface area contributed by atoms with Crippen molar-refractivity contribution >= 4 is 9.84 Å². The molecule has 1 aliphatic rings. The van der Waals surface area contributed by atoms with Crippen molar-refractivity contribution in [3.05, 3.63) is 24.3 Å². The van der Waals surface area contributed by atoms with Gasteiger partial charge in [-0.2, -0.15) is 0 Å². The van der Waals surface area contributed by atoms with Gasteiger partial charge in [-0.05, 0) is 18.2 Å². The molecule has 18 heavy (non-hydrogen) atoms. The summed E-state index contributed by atoms with van der Waals surface area (Å²) in [4.78, 5) is 0.217. The highest BCUT2D eigenvalue weighted by Crippen LogP contribution is 2.29. The molecule has 5 nitrogen and oxygen atoms in total. The zero-order valence-corrected chi connectivity index (χ0v) is 11.1. The van der Waals surface area contributed by atoms with Crippen LogP contribution < -0.4 is 4.74 Å². The van der Waals surface area contributed by atoms with Crippen LogP contribution >= 0.6 is 0 Å². The Kier molecular flexibility index (Phi) is 3.61. The number of methoxy groups -OCH3 is 1. The summed E-state index contributed by atoms with van der Waals surface area (Å²) in [6, 6.07) is 6.31. The number of hydrogen-bond acceptors (Lipinski definition) is 5. The summed E-state index contributed by atoms with van der Waals surface area (Å²) in [6.07, 6.45) is 0.531. The van der Waals surface area contributed by atoms with Crippen LogP contribution in [0.25, 0.3) is 0 Å². The maximum Gasteiger partial charge on any atom is 0.175 e. The van der Waals surface area contributed by atoms with Crippen LogP contribution in [0.15, 0.2) is 29.2 Å². The van der Waals surface area contributed by atoms with Crippen molar-refractivity contribution in [1.29, 1.82) is 0 Å². The molecule has 0 bridgehead atoms. The van der Waals surface area contributed by atoms with Crippen molar-refractivity contribution < 1.29 is 23.0 Å². The van der Waals surface area contributed by atoms with Gasteiger partial charge in [-0.1, -0.05) is 6.07 Å². The minimum absolute atomic E-state index is 0.217. The maximum atomic E-state index is 11.4. The molecule has 0 aliphatic heterocycles. The van der Waals surface area contributed by atoms with Gasteiger partial charge in [0.05, 0.1) is 11.0 Å². The second-order valence-electron chi connectivity index (χ2n) is 4.41. The van der Waals surface area contributed by atoms with Gasteiger partial charge >= 0.3 is 0 Å². The minimum atomic E-state index is -3.24. The van der Waals surface area contributed by atoms with Gasteiger partial charge < -0.3 is 14.6 Å². The molecule has 2 rings (SSSR count). The monoisotopic (exact) mass is 272 g/mol. The molecule has 0 saturated heterocycles. The third-order valence-electron chi connectivity index (χ3n) is 3.01. The van der Waals surface area contributed by atoms with Gasteiger partial charge in [0, 0.05) is 19.8 Å². The molecule has 3 unspecified atom stereocenters. The van der Waals surface area contributed by atoms with Gasteiger partial charge in [0.25, 0.3) is 0 Å². The van der Waals surface area contributed by atoms with Gasteiger partial charge in [0.15, 0.2) is 9.84 Å². The SMILES string of the molecule is COC1C(O)CC1Oc1cccc(S(C)(=O)=O)c1. The highest BCUT2D eigenvalue weighted by Gasteiger charge is 2.42. The Labute approximate surface area is 106 Å². The van der Waals surface area contributed by atoms with E-state index in [9.17, 15) is 13.5 Å². The zero-order valence-electron chi connectivity index (χ0n) is 10.2. The predicted octanol–water partition coefficient (Wildman–Crippen LogP) is 0.617. The van der Waals surface area contributed by atoms with Crippen LogP contribution in [0.1, 0.15) is 6.42 Å². The molecule has 0 spiro atoms. The van der Waals surface area contributed by atoms with Crippen molar-refractivity contribution in [3.8, 4) is 5.75 Å². The van der Waals surface area contributed by atoms with Crippen LogP contribution in [0.3, 0.4) is 0 Å². The number of aliphatic hydroxyl groups is 1. The van der Waals surface area contributed by atoms with Crippen molar-refractivity contribution in [2.45, 2.75) is 29.6 Å². The first-order valence-corrected chi connectivity index (χ1v) is 7.48. The summed E-state index contributed by atoms with van der Waals surface area (Å²) in [7, 11) is -1.73. The Hall–Kier alpha value is -1.11. The van der Waals surface area contributed by atoms with Crippen molar-refractivity contribution in [1.82, 2.24) is 0 Å². The lowest BCUT2D eigenvalue weighted by molar-refractivity contribution is -0.149. The Morgan fingerprint density at radius 1 is 1.39 bits per heavy atom. The van der Waals surface area contributed by atoms with E-state index < -0.39 is 15.9 Å². The average molecular weight is 272 g/mol. The summed E-state index contributed by atoms with van der Waals surface area (Å²) in [5.41, 5.74) is 0. The average Bonchev–Trinajstić information content (AvgIpc) is 2.28. The van der Waals surface area contributed by atoms with Gasteiger partial charge in [0.2, 0.25) is 0 Å². The molecule has 6 heteroatoms. The zero-order chi connectivity index (χ0) is 13.3. The van der Waals surface area contributed by atoms with Crippen LogP contribution in [0.5, 0.6) is 5.75 Å². The van der Waals surface area contributed by atoms with E-state index in [0.717, 1.165) is 6.26 Å². The summed E-state index contributed by atoms with van der Waals surface area (Å²) in [5, 5.41) is 9.44. The smallest absolute Gasteiger partial charge is 0.175 e. The standard InChI is InChI=1S/C12H16O5S/c1-16-12-10(13)7-11(12)17-8-4-3-5-9(6-8)18(2,14)15/h3-6,10-13H,7H2,1-2H3. The molecule has 1 fully saturated rings. The summed E-state index contributed by atoms with van der Waals surface area (Å²) < 4.78 is 33.5. The fourth-order valence-electron chi connectivity index (χ4n) is 1.94. The van der Waals surface area contributed by atoms with Gasteiger partial charge in [-0.25, -0.2) is 8.42 Å². The Morgan fingerprint density at radius 2 is 2.11 bits per heavy atom. The van der Waals surface area contributed by atoms with E-state index in [1.165, 1.54) is 19.2 Å². The molecular formula is C12H16O5S. The number of ether oxygens (including phenoxy) is 2. The first kappa shape index (κ1) is 13.3. The number of benzene rings is 1. The van der Waals surface area contributed by atoms with Crippen molar-refractivity contribution in [3.63, 3.8) is 0 Å². The van der Waals surface area contributed by atoms with Crippen LogP contribution in [0, 0.1) is 0 Å². The van der Waals surface area contributed by atoms with Crippen molar-refractivity contribution in [2.24, 2.45) is 0 Å². The lowest BCUT2D eigenvalue weighted by Gasteiger charge is -2.40. The highest BCUT2D eigenvalue weighted by atomic mass is 32.2. The van der Waals surface area contributed by atoms with Gasteiger partial charge in [0.1, 0.15) is 18.0 Å². The second-order valence-corrected chi connectivity index (χ2v) is 6.42. The first-order valence-electron chi connectivity index (χ1n) is 5.59. The number of hydrogen-bond donors (Lipinski definition) is 1. The molecule has 0 heterocycles. The highest BCUT2D eigenvalue weighted by molar-refractivity contribution is 7.90. The number of sulfone groups is 1. The van der Waals surface area contributed by atoms with Crippen molar-refractivity contribution in [2.75, 3.05) is 13.4 Å². The molecule has 0 radical (unpaired) electrons. The van der Waals surface area contributed by atoms with E-state index in [1.54, 1.807) is 12.1 Å². The van der Waals surface area contributed by atoms with Gasteiger partial charge in [-0.3, -0.25) is 0 Å². The van der Waals surface area contributed by atoms with Crippen LogP contribution in [-0.2, 0) is 14.6 Å². The normalized spacial score (nSPS) is 27.6. The largest absolute Gasteiger partial charge is 0.487 e. The van der Waals surface area contributed by atoms with Crippen LogP contribution in [0.2, 0.25) is 0 Å². The third kappa shape index (κ3) is 2.66. The Bertz CT molecular complexity index is 525. The molecule has 100 valence electrons. The maximum absolute atomic E-state index is 11.4. The fourth-order valence-corrected chi connectivity index (χ4v) is 2.59. The lowest BCUT2D eigenvalue weighted by atomic mass is 9.88. The Morgan fingerprint density at radius 3 is 2.67 bits per heavy atom. The van der Waals surface area contributed by atoms with E-state index in [1.807, 2.05) is 0 Å².